The third kappa shape index (κ3) is 5.79. The Morgan fingerprint density at radius 3 is 2.48 bits per heavy atom. The standard InChI is InChI=1S/C20H19ClN4O4/c1-24(10-11-28-18-8-4-16(21)5-9-18)19(26)12-29-20(27)15-2-6-17(7-3-15)25-14-22-13-23-25/h2-9,13-14H,10-12H2,1H3. The van der Waals surface area contributed by atoms with Crippen molar-refractivity contribution in [1.82, 2.24) is 19.7 Å². The van der Waals surface area contributed by atoms with E-state index in [1.165, 1.54) is 11.2 Å². The van der Waals surface area contributed by atoms with Crippen LogP contribution in [-0.4, -0.2) is 58.3 Å². The molecule has 0 spiro atoms. The number of nitrogens with zero attached hydrogens (tertiary/aromatic N) is 4. The highest BCUT2D eigenvalue weighted by molar-refractivity contribution is 6.30. The van der Waals surface area contributed by atoms with Crippen LogP contribution in [0.15, 0.2) is 61.2 Å². The van der Waals surface area contributed by atoms with Crippen molar-refractivity contribution in [2.75, 3.05) is 26.8 Å². The molecule has 0 fully saturated rings. The summed E-state index contributed by atoms with van der Waals surface area (Å²) in [5.74, 6) is -0.234. The molecule has 0 saturated carbocycles. The SMILES string of the molecule is CN(CCOc1ccc(Cl)cc1)C(=O)COC(=O)c1ccc(-n2cncn2)cc1. The molecule has 1 amide bonds. The van der Waals surface area contributed by atoms with Gasteiger partial charge in [-0.25, -0.2) is 14.5 Å². The fourth-order valence-electron chi connectivity index (χ4n) is 2.37. The molecule has 3 rings (SSSR count). The second kappa shape index (κ2) is 9.70. The van der Waals surface area contributed by atoms with E-state index < -0.39 is 5.97 Å². The monoisotopic (exact) mass is 414 g/mol. The summed E-state index contributed by atoms with van der Waals surface area (Å²) in [6.07, 6.45) is 2.98. The lowest BCUT2D eigenvalue weighted by Gasteiger charge is -2.17. The van der Waals surface area contributed by atoms with Gasteiger partial charge in [-0.2, -0.15) is 5.10 Å². The highest BCUT2D eigenvalue weighted by Gasteiger charge is 2.14. The molecular formula is C20H19ClN4O4. The van der Waals surface area contributed by atoms with E-state index in [0.717, 1.165) is 5.69 Å². The van der Waals surface area contributed by atoms with Crippen LogP contribution in [0.5, 0.6) is 5.75 Å². The molecule has 0 N–H and O–H groups in total. The van der Waals surface area contributed by atoms with Crippen LogP contribution in [0.2, 0.25) is 5.02 Å². The highest BCUT2D eigenvalue weighted by atomic mass is 35.5. The quantitative estimate of drug-likeness (QED) is 0.526. The van der Waals surface area contributed by atoms with Crippen molar-refractivity contribution in [2.45, 2.75) is 0 Å². The largest absolute Gasteiger partial charge is 0.492 e. The molecule has 0 unspecified atom stereocenters. The summed E-state index contributed by atoms with van der Waals surface area (Å²) in [5.41, 5.74) is 1.10. The van der Waals surface area contributed by atoms with E-state index in [-0.39, 0.29) is 12.5 Å². The molecule has 0 aliphatic rings. The van der Waals surface area contributed by atoms with Crippen molar-refractivity contribution >= 4 is 23.5 Å². The van der Waals surface area contributed by atoms with Gasteiger partial charge in [0, 0.05) is 12.1 Å². The summed E-state index contributed by atoms with van der Waals surface area (Å²) < 4.78 is 12.2. The number of esters is 1. The molecule has 150 valence electrons. The van der Waals surface area contributed by atoms with Crippen molar-refractivity contribution in [3.05, 3.63) is 71.8 Å². The second-order valence-electron chi connectivity index (χ2n) is 6.08. The Bertz CT molecular complexity index is 944. The summed E-state index contributed by atoms with van der Waals surface area (Å²) in [7, 11) is 1.62. The minimum atomic E-state index is -0.575. The Morgan fingerprint density at radius 2 is 1.83 bits per heavy atom. The van der Waals surface area contributed by atoms with Crippen LogP contribution >= 0.6 is 11.6 Å². The number of aromatic nitrogens is 3. The first-order chi connectivity index (χ1) is 14.0. The van der Waals surface area contributed by atoms with Crippen molar-refractivity contribution in [3.8, 4) is 11.4 Å². The average molecular weight is 415 g/mol. The zero-order chi connectivity index (χ0) is 20.6. The molecule has 0 aliphatic carbocycles. The topological polar surface area (TPSA) is 86.5 Å². The van der Waals surface area contributed by atoms with E-state index >= 15 is 0 Å². The van der Waals surface area contributed by atoms with Crippen LogP contribution < -0.4 is 4.74 Å². The van der Waals surface area contributed by atoms with Crippen LogP contribution in [0, 0.1) is 0 Å². The van der Waals surface area contributed by atoms with E-state index in [2.05, 4.69) is 10.1 Å². The van der Waals surface area contributed by atoms with Gasteiger partial charge < -0.3 is 14.4 Å². The maximum absolute atomic E-state index is 12.1. The van der Waals surface area contributed by atoms with E-state index in [1.54, 1.807) is 66.6 Å². The minimum absolute atomic E-state index is 0.307. The molecular weight excluding hydrogens is 396 g/mol. The summed E-state index contributed by atoms with van der Waals surface area (Å²) in [6.45, 7) is 0.314. The number of halogens is 1. The molecule has 8 nitrogen and oxygen atoms in total. The fraction of sp³-hybridized carbons (Fsp3) is 0.200. The predicted octanol–water partition coefficient (Wildman–Crippen LogP) is 2.61. The van der Waals surface area contributed by atoms with Gasteiger partial charge in [0.15, 0.2) is 6.61 Å². The van der Waals surface area contributed by atoms with Crippen molar-refractivity contribution < 1.29 is 19.1 Å². The van der Waals surface area contributed by atoms with Gasteiger partial charge in [-0.15, -0.1) is 0 Å². The third-order valence-electron chi connectivity index (χ3n) is 4.05. The smallest absolute Gasteiger partial charge is 0.338 e. The Balaban J connectivity index is 1.41. The lowest BCUT2D eigenvalue weighted by Crippen LogP contribution is -2.34. The number of carbonyl (C=O) groups excluding carboxylic acids is 2. The molecule has 1 aromatic heterocycles. The zero-order valence-corrected chi connectivity index (χ0v) is 16.5. The lowest BCUT2D eigenvalue weighted by atomic mass is 10.2. The van der Waals surface area contributed by atoms with Gasteiger partial charge in [0.2, 0.25) is 0 Å². The van der Waals surface area contributed by atoms with Crippen LogP contribution in [0.4, 0.5) is 0 Å². The number of ether oxygens (including phenoxy) is 2. The molecule has 0 saturated heterocycles. The van der Waals surface area contributed by atoms with Gasteiger partial charge in [0.1, 0.15) is 25.0 Å². The molecule has 9 heteroatoms. The first-order valence-electron chi connectivity index (χ1n) is 8.77. The number of benzene rings is 2. The van der Waals surface area contributed by atoms with E-state index in [9.17, 15) is 9.59 Å². The van der Waals surface area contributed by atoms with Crippen molar-refractivity contribution in [1.29, 1.82) is 0 Å². The molecule has 2 aromatic carbocycles. The van der Waals surface area contributed by atoms with Gasteiger partial charge in [0.25, 0.3) is 5.91 Å². The molecule has 0 atom stereocenters. The number of hydrogen-bond acceptors (Lipinski definition) is 6. The van der Waals surface area contributed by atoms with E-state index in [1.807, 2.05) is 0 Å². The molecule has 29 heavy (non-hydrogen) atoms. The number of hydrogen-bond donors (Lipinski definition) is 0. The van der Waals surface area contributed by atoms with Crippen molar-refractivity contribution in [3.63, 3.8) is 0 Å². The van der Waals surface area contributed by atoms with Gasteiger partial charge in [0.05, 0.1) is 17.8 Å². The molecule has 0 aliphatic heterocycles. The normalized spacial score (nSPS) is 10.4. The fourth-order valence-corrected chi connectivity index (χ4v) is 2.49. The van der Waals surface area contributed by atoms with Gasteiger partial charge in [-0.05, 0) is 48.5 Å². The molecule has 1 heterocycles. The Kier molecular flexibility index (Phi) is 6.80. The van der Waals surface area contributed by atoms with Crippen LogP contribution in [-0.2, 0) is 9.53 Å². The van der Waals surface area contributed by atoms with Gasteiger partial charge in [-0.3, -0.25) is 4.79 Å². The van der Waals surface area contributed by atoms with Crippen LogP contribution in [0.25, 0.3) is 5.69 Å². The Morgan fingerprint density at radius 1 is 1.10 bits per heavy atom. The summed E-state index contributed by atoms with van der Waals surface area (Å²) >= 11 is 5.82. The summed E-state index contributed by atoms with van der Waals surface area (Å²) in [4.78, 5) is 29.6. The number of rotatable bonds is 8. The summed E-state index contributed by atoms with van der Waals surface area (Å²) in [5, 5.41) is 4.64. The molecule has 0 bridgehead atoms. The molecule has 3 aromatic rings. The van der Waals surface area contributed by atoms with Crippen LogP contribution in [0.1, 0.15) is 10.4 Å². The third-order valence-corrected chi connectivity index (χ3v) is 4.30. The number of likely N-dealkylation sites (N-methyl/N-ethyl adjacent to an activating group) is 1. The maximum Gasteiger partial charge on any atom is 0.338 e. The highest BCUT2D eigenvalue weighted by Crippen LogP contribution is 2.15. The first kappa shape index (κ1) is 20.3. The maximum atomic E-state index is 12.1. The second-order valence-corrected chi connectivity index (χ2v) is 6.52. The Labute approximate surface area is 172 Å². The van der Waals surface area contributed by atoms with Gasteiger partial charge in [-0.1, -0.05) is 11.6 Å². The van der Waals surface area contributed by atoms with E-state index in [0.29, 0.717) is 29.5 Å². The molecule has 0 radical (unpaired) electrons. The predicted molar refractivity (Wildman–Crippen MR) is 106 cm³/mol. The Hall–Kier alpha value is -3.39. The number of carbonyl (C=O) groups is 2. The van der Waals surface area contributed by atoms with Gasteiger partial charge >= 0.3 is 5.97 Å². The number of amides is 1. The lowest BCUT2D eigenvalue weighted by molar-refractivity contribution is -0.133. The minimum Gasteiger partial charge on any atom is -0.492 e. The average Bonchev–Trinajstić information content (AvgIpc) is 3.28. The van der Waals surface area contributed by atoms with Crippen molar-refractivity contribution in [2.24, 2.45) is 0 Å². The van der Waals surface area contributed by atoms with E-state index in [4.69, 9.17) is 21.1 Å². The summed E-state index contributed by atoms with van der Waals surface area (Å²) in [6, 6.07) is 13.6. The first-order valence-corrected chi connectivity index (χ1v) is 9.15. The van der Waals surface area contributed by atoms with Crippen LogP contribution in [0.3, 0.4) is 0 Å². The zero-order valence-electron chi connectivity index (χ0n) is 15.7.